The minimum atomic E-state index is -0.776. The van der Waals surface area contributed by atoms with Gasteiger partial charge < -0.3 is 10.0 Å². The first-order chi connectivity index (χ1) is 11.9. The van der Waals surface area contributed by atoms with Crippen molar-refractivity contribution < 1.29 is 9.90 Å². The van der Waals surface area contributed by atoms with Crippen molar-refractivity contribution in [3.05, 3.63) is 46.5 Å². The van der Waals surface area contributed by atoms with E-state index in [9.17, 15) is 4.79 Å². The Labute approximate surface area is 148 Å². The number of aromatic nitrogens is 3. The van der Waals surface area contributed by atoms with Gasteiger partial charge in [-0.1, -0.05) is 0 Å². The topological polar surface area (TPSA) is 79.2 Å². The predicted octanol–water partition coefficient (Wildman–Crippen LogP) is 3.16. The normalized spacial score (nSPS) is 17.1. The highest BCUT2D eigenvalue weighted by Crippen LogP contribution is 2.34. The zero-order valence-corrected chi connectivity index (χ0v) is 15.0. The number of aliphatic carboxylic acids is 1. The van der Waals surface area contributed by atoms with Crippen LogP contribution in [0.2, 0.25) is 0 Å². The third kappa shape index (κ3) is 4.13. The number of aryl methyl sites for hydroxylation is 4. The van der Waals surface area contributed by atoms with E-state index in [1.165, 1.54) is 0 Å². The van der Waals surface area contributed by atoms with Crippen LogP contribution in [0, 0.1) is 20.8 Å². The maximum Gasteiger partial charge on any atom is 0.303 e. The van der Waals surface area contributed by atoms with Crippen LogP contribution in [-0.4, -0.2) is 32.6 Å². The molecule has 0 amide bonds. The number of rotatable bonds is 5. The van der Waals surface area contributed by atoms with Crippen LogP contribution in [0.4, 0.5) is 5.95 Å². The maximum atomic E-state index is 10.9. The van der Waals surface area contributed by atoms with Crippen molar-refractivity contribution >= 4 is 11.9 Å². The minimum absolute atomic E-state index is 0.136. The van der Waals surface area contributed by atoms with E-state index in [0.717, 1.165) is 53.7 Å². The lowest BCUT2D eigenvalue weighted by Gasteiger charge is -2.25. The second-order valence-electron chi connectivity index (χ2n) is 6.74. The molecule has 0 saturated carbocycles. The Bertz CT molecular complexity index is 771. The smallest absolute Gasteiger partial charge is 0.303 e. The summed E-state index contributed by atoms with van der Waals surface area (Å²) in [4.78, 5) is 27.0. The summed E-state index contributed by atoms with van der Waals surface area (Å²) in [6.07, 6.45) is 2.74. The number of carboxylic acid groups (broad SMARTS) is 1. The predicted molar refractivity (Wildman–Crippen MR) is 95.8 cm³/mol. The Morgan fingerprint density at radius 2 is 1.80 bits per heavy atom. The zero-order valence-electron chi connectivity index (χ0n) is 15.0. The molecule has 0 bridgehead atoms. The highest BCUT2D eigenvalue weighted by Gasteiger charge is 2.29. The van der Waals surface area contributed by atoms with Crippen LogP contribution in [0.25, 0.3) is 0 Å². The first-order valence-electron chi connectivity index (χ1n) is 8.70. The van der Waals surface area contributed by atoms with E-state index in [2.05, 4.69) is 14.9 Å². The van der Waals surface area contributed by atoms with Gasteiger partial charge in [-0.3, -0.25) is 9.78 Å². The molecule has 0 spiro atoms. The van der Waals surface area contributed by atoms with Crippen LogP contribution in [0.3, 0.4) is 0 Å². The lowest BCUT2D eigenvalue weighted by molar-refractivity contribution is -0.136. The van der Waals surface area contributed by atoms with E-state index >= 15 is 0 Å². The van der Waals surface area contributed by atoms with E-state index in [1.807, 2.05) is 39.0 Å². The largest absolute Gasteiger partial charge is 0.481 e. The van der Waals surface area contributed by atoms with E-state index in [-0.39, 0.29) is 12.5 Å². The molecule has 132 valence electrons. The van der Waals surface area contributed by atoms with Gasteiger partial charge in [0.05, 0.1) is 11.7 Å². The van der Waals surface area contributed by atoms with Crippen LogP contribution >= 0.6 is 0 Å². The third-order valence-electron chi connectivity index (χ3n) is 4.48. The lowest BCUT2D eigenvalue weighted by Crippen LogP contribution is -2.26. The number of anilines is 1. The zero-order chi connectivity index (χ0) is 18.0. The van der Waals surface area contributed by atoms with Crippen LogP contribution in [0.1, 0.15) is 53.6 Å². The number of nitrogens with zero attached hydrogens (tertiary/aromatic N) is 4. The Hall–Kier alpha value is -2.50. The second-order valence-corrected chi connectivity index (χ2v) is 6.74. The molecule has 3 heterocycles. The molecule has 0 aromatic carbocycles. The van der Waals surface area contributed by atoms with E-state index in [4.69, 9.17) is 10.1 Å². The van der Waals surface area contributed by atoms with E-state index < -0.39 is 5.97 Å². The third-order valence-corrected chi connectivity index (χ3v) is 4.48. The van der Waals surface area contributed by atoms with Gasteiger partial charge in [0.1, 0.15) is 0 Å². The Morgan fingerprint density at radius 3 is 2.48 bits per heavy atom. The van der Waals surface area contributed by atoms with Crippen LogP contribution in [-0.2, 0) is 11.2 Å². The number of carboxylic acids is 1. The number of hydrogen-bond acceptors (Lipinski definition) is 5. The molecular weight excluding hydrogens is 316 g/mol. The quantitative estimate of drug-likeness (QED) is 0.901. The molecule has 1 saturated heterocycles. The summed E-state index contributed by atoms with van der Waals surface area (Å²) in [6, 6.07) is 6.13. The van der Waals surface area contributed by atoms with E-state index in [0.29, 0.717) is 6.42 Å². The molecule has 6 nitrogen and oxygen atoms in total. The number of carbonyl (C=O) groups is 1. The van der Waals surface area contributed by atoms with Crippen molar-refractivity contribution in [1.29, 1.82) is 0 Å². The Balaban J connectivity index is 1.90. The van der Waals surface area contributed by atoms with Gasteiger partial charge in [-0.25, -0.2) is 9.97 Å². The highest BCUT2D eigenvalue weighted by atomic mass is 16.4. The average Bonchev–Trinajstić information content (AvgIpc) is 3.01. The van der Waals surface area contributed by atoms with Crippen molar-refractivity contribution in [3.8, 4) is 0 Å². The molecule has 1 atom stereocenters. The molecule has 3 rings (SSSR count). The average molecular weight is 340 g/mol. The van der Waals surface area contributed by atoms with Crippen LogP contribution < -0.4 is 4.90 Å². The molecular formula is C19H24N4O2. The van der Waals surface area contributed by atoms with Crippen molar-refractivity contribution in [2.75, 3.05) is 11.4 Å². The highest BCUT2D eigenvalue weighted by molar-refractivity contribution is 5.67. The van der Waals surface area contributed by atoms with Gasteiger partial charge in [-0.2, -0.15) is 0 Å². The summed E-state index contributed by atoms with van der Waals surface area (Å²) >= 11 is 0. The summed E-state index contributed by atoms with van der Waals surface area (Å²) in [5, 5.41) is 8.93. The summed E-state index contributed by atoms with van der Waals surface area (Å²) in [7, 11) is 0. The molecule has 2 aromatic rings. The molecule has 0 aliphatic carbocycles. The molecule has 6 heteroatoms. The van der Waals surface area contributed by atoms with Gasteiger partial charge in [0, 0.05) is 30.0 Å². The minimum Gasteiger partial charge on any atom is -0.481 e. The Morgan fingerprint density at radius 1 is 1.12 bits per heavy atom. The first kappa shape index (κ1) is 17.3. The molecule has 0 unspecified atom stereocenters. The van der Waals surface area contributed by atoms with Crippen molar-refractivity contribution in [1.82, 2.24) is 15.0 Å². The summed E-state index contributed by atoms with van der Waals surface area (Å²) in [5.41, 5.74) is 4.87. The fourth-order valence-electron chi connectivity index (χ4n) is 3.48. The lowest BCUT2D eigenvalue weighted by atomic mass is 10.0. The molecule has 1 fully saturated rings. The molecule has 1 N–H and O–H groups in total. The van der Waals surface area contributed by atoms with Gasteiger partial charge in [0.15, 0.2) is 0 Å². The van der Waals surface area contributed by atoms with Crippen LogP contribution in [0.5, 0.6) is 0 Å². The summed E-state index contributed by atoms with van der Waals surface area (Å²) in [5.74, 6) is -0.0162. The van der Waals surface area contributed by atoms with Gasteiger partial charge in [0.2, 0.25) is 5.95 Å². The van der Waals surface area contributed by atoms with Crippen molar-refractivity contribution in [2.45, 2.75) is 52.5 Å². The first-order valence-corrected chi connectivity index (χ1v) is 8.70. The second kappa shape index (κ2) is 7.17. The molecule has 0 radical (unpaired) electrons. The van der Waals surface area contributed by atoms with Gasteiger partial charge in [-0.05, 0) is 63.8 Å². The van der Waals surface area contributed by atoms with Gasteiger partial charge >= 0.3 is 5.97 Å². The number of hydrogen-bond donors (Lipinski definition) is 1. The number of pyridine rings is 1. The van der Waals surface area contributed by atoms with Gasteiger partial charge in [0.25, 0.3) is 0 Å². The van der Waals surface area contributed by atoms with Crippen molar-refractivity contribution in [2.24, 2.45) is 0 Å². The van der Waals surface area contributed by atoms with Crippen LogP contribution in [0.15, 0.2) is 18.2 Å². The van der Waals surface area contributed by atoms with Gasteiger partial charge in [-0.15, -0.1) is 0 Å². The summed E-state index contributed by atoms with van der Waals surface area (Å²) < 4.78 is 0. The Kier molecular flexibility index (Phi) is 4.97. The fourth-order valence-corrected chi connectivity index (χ4v) is 3.48. The standard InChI is InChI=1S/C19H24N4O2/c1-12-9-13(2)22-19(21-12)23-8-4-5-17(23)16-11-15(6-7-18(24)25)10-14(3)20-16/h9-11,17H,4-8H2,1-3H3,(H,24,25)/t17-/m1/s1. The van der Waals surface area contributed by atoms with Crippen molar-refractivity contribution in [3.63, 3.8) is 0 Å². The monoisotopic (exact) mass is 340 g/mol. The molecule has 2 aromatic heterocycles. The maximum absolute atomic E-state index is 10.9. The molecule has 25 heavy (non-hydrogen) atoms. The molecule has 1 aliphatic heterocycles. The fraction of sp³-hybridized carbons (Fsp3) is 0.474. The van der Waals surface area contributed by atoms with E-state index in [1.54, 1.807) is 0 Å². The molecule has 1 aliphatic rings. The SMILES string of the molecule is Cc1cc(CCC(=O)O)cc([C@H]2CCCN2c2nc(C)cc(C)n2)n1. The summed E-state index contributed by atoms with van der Waals surface area (Å²) in [6.45, 7) is 6.84.